The van der Waals surface area contributed by atoms with Gasteiger partial charge in [0.05, 0.1) is 12.8 Å². The number of nitriles is 1. The van der Waals surface area contributed by atoms with E-state index in [0.29, 0.717) is 36.2 Å². The normalized spacial score (nSPS) is 13.5. The Morgan fingerprint density at radius 1 is 1.24 bits per heavy atom. The number of nitrogens with one attached hydrogen (secondary N) is 1. The average molecular weight is 457 g/mol. The average Bonchev–Trinajstić information content (AvgIpc) is 3.50. The van der Waals surface area contributed by atoms with Crippen LogP contribution in [0.1, 0.15) is 35.3 Å². The molecule has 0 aliphatic carbocycles. The minimum absolute atomic E-state index is 0.247. The Morgan fingerprint density at radius 2 is 2.03 bits per heavy atom. The third kappa shape index (κ3) is 3.84. The molecule has 0 saturated heterocycles. The first kappa shape index (κ1) is 21.9. The van der Waals surface area contributed by atoms with Gasteiger partial charge in [0.2, 0.25) is 5.95 Å². The maximum Gasteiger partial charge on any atom is 0.208 e. The summed E-state index contributed by atoms with van der Waals surface area (Å²) >= 11 is 0. The first-order valence-corrected chi connectivity index (χ1v) is 11.2. The predicted molar refractivity (Wildman–Crippen MR) is 128 cm³/mol. The minimum Gasteiger partial charge on any atom is -0.493 e. The Balaban J connectivity index is 1.49. The molecule has 0 saturated carbocycles. The summed E-state index contributed by atoms with van der Waals surface area (Å²) in [5.41, 5.74) is 5.34. The van der Waals surface area contributed by atoms with Gasteiger partial charge in [0, 0.05) is 41.9 Å². The zero-order chi connectivity index (χ0) is 23.8. The summed E-state index contributed by atoms with van der Waals surface area (Å²) in [6.45, 7) is 2.96. The van der Waals surface area contributed by atoms with Crippen LogP contribution < -0.4 is 10.1 Å². The molecule has 2 aromatic carbocycles. The van der Waals surface area contributed by atoms with Gasteiger partial charge in [-0.2, -0.15) is 5.26 Å². The van der Waals surface area contributed by atoms with Crippen molar-refractivity contribution in [2.45, 2.75) is 25.9 Å². The molecule has 5 rings (SSSR count). The number of hydrogen-bond acceptors (Lipinski definition) is 6. The highest BCUT2D eigenvalue weighted by Crippen LogP contribution is 2.31. The Kier molecular flexibility index (Phi) is 5.64. The van der Waals surface area contributed by atoms with Gasteiger partial charge >= 0.3 is 0 Å². The van der Waals surface area contributed by atoms with Crippen LogP contribution >= 0.6 is 0 Å². The third-order valence-electron chi connectivity index (χ3n) is 6.45. The predicted octanol–water partition coefficient (Wildman–Crippen LogP) is 4.58. The molecule has 1 unspecified atom stereocenters. The number of anilines is 1. The Hall–Kier alpha value is -3.96. The summed E-state index contributed by atoms with van der Waals surface area (Å²) in [6.07, 6.45) is 4.06. The van der Waals surface area contributed by atoms with Crippen molar-refractivity contribution in [3.63, 3.8) is 0 Å². The topological polar surface area (TPSA) is 78.5 Å². The Bertz CT molecular complexity index is 1400. The number of fused-ring (bicyclic) bond motifs is 2. The molecule has 172 valence electrons. The van der Waals surface area contributed by atoms with Gasteiger partial charge in [-0.1, -0.05) is 24.3 Å². The maximum atomic E-state index is 14.6. The number of halogens is 1. The fourth-order valence-corrected chi connectivity index (χ4v) is 4.28. The highest BCUT2D eigenvalue weighted by atomic mass is 19.1. The number of nitrogens with zero attached hydrogens (tertiary/aromatic N) is 5. The fraction of sp³-hybridized carbons (Fsp3) is 0.269. The van der Waals surface area contributed by atoms with Crippen LogP contribution in [0.15, 0.2) is 48.8 Å². The largest absolute Gasteiger partial charge is 0.493 e. The van der Waals surface area contributed by atoms with E-state index in [9.17, 15) is 9.65 Å². The summed E-state index contributed by atoms with van der Waals surface area (Å²) < 4.78 is 21.9. The highest BCUT2D eigenvalue weighted by molar-refractivity contribution is 5.78. The van der Waals surface area contributed by atoms with Crippen molar-refractivity contribution >= 4 is 11.6 Å². The van der Waals surface area contributed by atoms with Crippen molar-refractivity contribution in [1.82, 2.24) is 19.3 Å². The molecule has 0 spiro atoms. The molecule has 0 bridgehead atoms. The molecule has 7 nitrogen and oxygen atoms in total. The molecular weight excluding hydrogens is 431 g/mol. The third-order valence-corrected chi connectivity index (χ3v) is 6.45. The molecule has 4 aromatic rings. The van der Waals surface area contributed by atoms with Crippen LogP contribution in [0.5, 0.6) is 5.75 Å². The van der Waals surface area contributed by atoms with Gasteiger partial charge < -0.3 is 15.0 Å². The highest BCUT2D eigenvalue weighted by Gasteiger charge is 2.20. The molecule has 1 atom stereocenters. The van der Waals surface area contributed by atoms with Gasteiger partial charge in [-0.3, -0.25) is 4.40 Å². The van der Waals surface area contributed by atoms with Crippen LogP contribution in [0.3, 0.4) is 0 Å². The van der Waals surface area contributed by atoms with Crippen LogP contribution in [0.25, 0.3) is 16.8 Å². The lowest BCUT2D eigenvalue weighted by atomic mass is 10.0. The summed E-state index contributed by atoms with van der Waals surface area (Å²) in [6, 6.07) is 13.8. The van der Waals surface area contributed by atoms with Crippen molar-refractivity contribution < 1.29 is 9.13 Å². The van der Waals surface area contributed by atoms with Gasteiger partial charge in [0.15, 0.2) is 11.3 Å². The second kappa shape index (κ2) is 8.76. The van der Waals surface area contributed by atoms with Crippen LogP contribution in [-0.4, -0.2) is 40.0 Å². The molecule has 1 aliphatic heterocycles. The molecule has 0 amide bonds. The second-order valence-corrected chi connectivity index (χ2v) is 8.64. The molecule has 0 fully saturated rings. The molecule has 0 radical (unpaired) electrons. The summed E-state index contributed by atoms with van der Waals surface area (Å²) in [5.74, 6) is 0.939. The van der Waals surface area contributed by atoms with E-state index in [1.807, 2.05) is 26.2 Å². The fourth-order valence-electron chi connectivity index (χ4n) is 4.28. The first-order valence-electron chi connectivity index (χ1n) is 11.2. The SMILES string of the molecule is CC(c1ccc(-c2cnc(NCc3c(F)ccc4c3CCO4)n3cc(C#N)nc23)cc1)N(C)C. The van der Waals surface area contributed by atoms with Crippen molar-refractivity contribution in [3.05, 3.63) is 77.0 Å². The van der Waals surface area contributed by atoms with Crippen LogP contribution in [-0.2, 0) is 13.0 Å². The number of benzene rings is 2. The van der Waals surface area contributed by atoms with Crippen LogP contribution in [0.2, 0.25) is 0 Å². The van der Waals surface area contributed by atoms with E-state index in [2.05, 4.69) is 45.3 Å². The maximum absolute atomic E-state index is 14.6. The molecule has 2 aromatic heterocycles. The standard InChI is InChI=1S/C26H25FN6O/c1-16(32(2)3)17-4-6-18(7-5-17)21-13-29-26(33-15-19(12-28)31-25(21)33)30-14-22-20-10-11-34-24(20)9-8-23(22)27/h4-9,13,15-16H,10-11,14H2,1-3H3,(H,29,30). The van der Waals surface area contributed by atoms with Gasteiger partial charge in [-0.25, -0.2) is 14.4 Å². The van der Waals surface area contributed by atoms with Crippen molar-refractivity contribution in [1.29, 1.82) is 5.26 Å². The van der Waals surface area contributed by atoms with Crippen LogP contribution in [0, 0.1) is 17.1 Å². The molecule has 1 aliphatic rings. The van der Waals surface area contributed by atoms with E-state index in [1.165, 1.54) is 11.6 Å². The molecular formula is C26H25FN6O. The summed E-state index contributed by atoms with van der Waals surface area (Å²) in [4.78, 5) is 11.3. The molecule has 34 heavy (non-hydrogen) atoms. The van der Waals surface area contributed by atoms with Crippen molar-refractivity contribution in [2.24, 2.45) is 0 Å². The smallest absolute Gasteiger partial charge is 0.208 e. The van der Waals surface area contributed by atoms with Gasteiger partial charge in [-0.15, -0.1) is 0 Å². The van der Waals surface area contributed by atoms with E-state index in [-0.39, 0.29) is 18.1 Å². The van der Waals surface area contributed by atoms with Gasteiger partial charge in [0.1, 0.15) is 17.6 Å². The van der Waals surface area contributed by atoms with E-state index in [4.69, 9.17) is 4.74 Å². The second-order valence-electron chi connectivity index (χ2n) is 8.64. The number of imidazole rings is 1. The first-order chi connectivity index (χ1) is 16.5. The minimum atomic E-state index is -0.278. The summed E-state index contributed by atoms with van der Waals surface area (Å²) in [5, 5.41) is 12.7. The zero-order valence-corrected chi connectivity index (χ0v) is 19.3. The number of rotatable bonds is 6. The zero-order valence-electron chi connectivity index (χ0n) is 19.3. The number of ether oxygens (including phenoxy) is 1. The van der Waals surface area contributed by atoms with Crippen molar-refractivity contribution in [3.8, 4) is 22.9 Å². The quantitative estimate of drug-likeness (QED) is 0.458. The molecule has 1 N–H and O–H groups in total. The Labute approximate surface area is 197 Å². The summed E-state index contributed by atoms with van der Waals surface area (Å²) in [7, 11) is 4.10. The van der Waals surface area contributed by atoms with Gasteiger partial charge in [-0.05, 0) is 44.3 Å². The lowest BCUT2D eigenvalue weighted by molar-refractivity contribution is 0.321. The molecule has 3 heterocycles. The lowest BCUT2D eigenvalue weighted by Crippen LogP contribution is -2.16. The monoisotopic (exact) mass is 456 g/mol. The lowest BCUT2D eigenvalue weighted by Gasteiger charge is -2.20. The van der Waals surface area contributed by atoms with E-state index in [0.717, 1.165) is 22.4 Å². The Morgan fingerprint density at radius 3 is 2.76 bits per heavy atom. The van der Waals surface area contributed by atoms with Crippen molar-refractivity contribution in [2.75, 3.05) is 26.0 Å². The van der Waals surface area contributed by atoms with Gasteiger partial charge in [0.25, 0.3) is 0 Å². The van der Waals surface area contributed by atoms with E-state index in [1.54, 1.807) is 22.9 Å². The van der Waals surface area contributed by atoms with E-state index < -0.39 is 0 Å². The molecule has 8 heteroatoms. The van der Waals surface area contributed by atoms with E-state index >= 15 is 0 Å². The van der Waals surface area contributed by atoms with Crippen LogP contribution in [0.4, 0.5) is 10.3 Å². The number of hydrogen-bond donors (Lipinski definition) is 1. The number of aromatic nitrogens is 3.